The molecular weight excluding hydrogens is 404 g/mol. The number of carbonyl (C=O) groups excluding carboxylic acids is 1. The van der Waals surface area contributed by atoms with E-state index >= 15 is 0 Å². The Morgan fingerprint density at radius 1 is 0.935 bits per heavy atom. The van der Waals surface area contributed by atoms with E-state index in [1.165, 1.54) is 11.1 Å². The average Bonchev–Trinajstić information content (AvgIpc) is 3.44. The Balaban J connectivity index is 1.28. The van der Waals surface area contributed by atoms with Crippen molar-refractivity contribution in [2.45, 2.75) is 6.04 Å². The summed E-state index contributed by atoms with van der Waals surface area (Å²) < 4.78 is 2.00. The highest BCUT2D eigenvalue weighted by Crippen LogP contribution is 2.29. The third-order valence-electron chi connectivity index (χ3n) is 5.79. The fraction of sp³-hybridized carbons (Fsp3) is 0.200. The second-order valence-electron chi connectivity index (χ2n) is 7.66. The molecule has 0 radical (unpaired) electrons. The maximum absolute atomic E-state index is 12.8. The van der Waals surface area contributed by atoms with Gasteiger partial charge in [0.2, 0.25) is 5.91 Å². The first-order valence-corrected chi connectivity index (χ1v) is 11.4. The van der Waals surface area contributed by atoms with Crippen LogP contribution >= 0.6 is 11.3 Å². The van der Waals surface area contributed by atoms with Crippen LogP contribution in [0.1, 0.15) is 22.9 Å². The molecule has 3 heterocycles. The van der Waals surface area contributed by atoms with E-state index in [2.05, 4.69) is 70.5 Å². The molecule has 1 amide bonds. The second kappa shape index (κ2) is 8.88. The van der Waals surface area contributed by atoms with Crippen molar-refractivity contribution >= 4 is 28.3 Å². The van der Waals surface area contributed by atoms with E-state index in [-0.39, 0.29) is 11.9 Å². The first-order chi connectivity index (χ1) is 15.3. The van der Waals surface area contributed by atoms with E-state index in [0.29, 0.717) is 0 Å². The summed E-state index contributed by atoms with van der Waals surface area (Å²) >= 11 is 1.59. The molecular formula is C25H24N4OS. The van der Waals surface area contributed by atoms with Gasteiger partial charge >= 0.3 is 0 Å². The number of rotatable bonds is 5. The summed E-state index contributed by atoms with van der Waals surface area (Å²) in [5, 5.41) is 2.00. The topological polar surface area (TPSA) is 40.9 Å². The molecule has 2 aromatic heterocycles. The van der Waals surface area contributed by atoms with Crippen LogP contribution in [0.3, 0.4) is 0 Å². The van der Waals surface area contributed by atoms with Crippen molar-refractivity contribution in [1.82, 2.24) is 19.2 Å². The summed E-state index contributed by atoms with van der Waals surface area (Å²) in [5.74, 6) is 0.0563. The lowest BCUT2D eigenvalue weighted by Gasteiger charge is -2.39. The van der Waals surface area contributed by atoms with Gasteiger partial charge in [-0.15, -0.1) is 11.3 Å². The fourth-order valence-corrected chi connectivity index (χ4v) is 4.91. The lowest BCUT2D eigenvalue weighted by molar-refractivity contribution is -0.127. The molecule has 5 rings (SSSR count). The van der Waals surface area contributed by atoms with Gasteiger partial charge in [-0.25, -0.2) is 4.98 Å². The molecule has 0 bridgehead atoms. The monoisotopic (exact) mass is 428 g/mol. The minimum absolute atomic E-state index is 0.0563. The highest BCUT2D eigenvalue weighted by molar-refractivity contribution is 7.15. The van der Waals surface area contributed by atoms with Crippen molar-refractivity contribution in [2.24, 2.45) is 0 Å². The molecule has 31 heavy (non-hydrogen) atoms. The van der Waals surface area contributed by atoms with Crippen molar-refractivity contribution < 1.29 is 4.79 Å². The zero-order chi connectivity index (χ0) is 21.0. The van der Waals surface area contributed by atoms with Gasteiger partial charge in [0.15, 0.2) is 4.96 Å². The summed E-state index contributed by atoms with van der Waals surface area (Å²) in [6.07, 6.45) is 7.31. The summed E-state index contributed by atoms with van der Waals surface area (Å²) in [7, 11) is 0. The molecule has 0 unspecified atom stereocenters. The molecule has 0 spiro atoms. The number of imidazole rings is 1. The van der Waals surface area contributed by atoms with E-state index in [0.717, 1.165) is 36.8 Å². The minimum Gasteiger partial charge on any atom is -0.337 e. The van der Waals surface area contributed by atoms with Gasteiger partial charge < -0.3 is 4.90 Å². The van der Waals surface area contributed by atoms with E-state index in [1.54, 1.807) is 23.6 Å². The number of carbonyl (C=O) groups is 1. The van der Waals surface area contributed by atoms with Crippen molar-refractivity contribution in [3.63, 3.8) is 0 Å². The first-order valence-electron chi connectivity index (χ1n) is 10.5. The molecule has 0 N–H and O–H groups in total. The Morgan fingerprint density at radius 2 is 1.58 bits per heavy atom. The Kier molecular flexibility index (Phi) is 5.65. The van der Waals surface area contributed by atoms with Crippen LogP contribution in [0.5, 0.6) is 0 Å². The van der Waals surface area contributed by atoms with Gasteiger partial charge in [0, 0.05) is 43.8 Å². The summed E-state index contributed by atoms with van der Waals surface area (Å²) in [4.78, 5) is 22.5. The Labute approximate surface area is 185 Å². The molecule has 1 aliphatic heterocycles. The predicted octanol–water partition coefficient (Wildman–Crippen LogP) is 4.34. The van der Waals surface area contributed by atoms with Crippen LogP contribution in [0, 0.1) is 0 Å². The molecule has 1 saturated heterocycles. The molecule has 0 atom stereocenters. The third-order valence-corrected chi connectivity index (χ3v) is 6.56. The first kappa shape index (κ1) is 19.7. The summed E-state index contributed by atoms with van der Waals surface area (Å²) in [6, 6.07) is 21.4. The van der Waals surface area contributed by atoms with E-state index in [4.69, 9.17) is 0 Å². The van der Waals surface area contributed by atoms with E-state index < -0.39 is 0 Å². The summed E-state index contributed by atoms with van der Waals surface area (Å²) in [5.41, 5.74) is 3.50. The van der Waals surface area contributed by atoms with Crippen molar-refractivity contribution in [3.8, 4) is 0 Å². The molecule has 1 aliphatic rings. The van der Waals surface area contributed by atoms with Crippen LogP contribution in [0.15, 0.2) is 84.5 Å². The van der Waals surface area contributed by atoms with Gasteiger partial charge in [0.05, 0.1) is 17.9 Å². The molecule has 1 fully saturated rings. The zero-order valence-electron chi connectivity index (χ0n) is 17.2. The standard InChI is InChI=1S/C25H24N4OS/c30-23(12-11-22-19-26-25-29(22)17-18-31-25)27-13-15-28(16-14-27)24(20-7-3-1-4-8-20)21-9-5-2-6-10-21/h1-12,17-19,24H,13-16H2/b12-11+. The van der Waals surface area contributed by atoms with E-state index in [9.17, 15) is 4.79 Å². The minimum atomic E-state index is 0.0563. The number of nitrogens with zero attached hydrogens (tertiary/aromatic N) is 4. The summed E-state index contributed by atoms with van der Waals surface area (Å²) in [6.45, 7) is 3.13. The van der Waals surface area contributed by atoms with Gasteiger partial charge in [-0.05, 0) is 17.2 Å². The Hall–Kier alpha value is -3.22. The quantitative estimate of drug-likeness (QED) is 0.444. The number of amides is 1. The second-order valence-corrected chi connectivity index (χ2v) is 8.53. The number of piperazine rings is 1. The molecule has 0 aliphatic carbocycles. The molecule has 2 aromatic carbocycles. The number of hydrogen-bond donors (Lipinski definition) is 0. The van der Waals surface area contributed by atoms with Gasteiger partial charge in [-0.2, -0.15) is 0 Å². The third kappa shape index (κ3) is 4.17. The maximum atomic E-state index is 12.8. The number of aromatic nitrogens is 2. The largest absolute Gasteiger partial charge is 0.337 e. The normalized spacial score (nSPS) is 15.3. The Bertz CT molecular complexity index is 1130. The maximum Gasteiger partial charge on any atom is 0.246 e. The van der Waals surface area contributed by atoms with Crippen LogP contribution < -0.4 is 0 Å². The number of hydrogen-bond acceptors (Lipinski definition) is 4. The SMILES string of the molecule is O=C(/C=C/c1cnc2sccn12)N1CCN(C(c2ccccc2)c2ccccc2)CC1. The molecule has 0 saturated carbocycles. The van der Waals surface area contributed by atoms with Crippen LogP contribution in [0.25, 0.3) is 11.0 Å². The number of fused-ring (bicyclic) bond motifs is 1. The highest BCUT2D eigenvalue weighted by atomic mass is 32.1. The van der Waals surface area contributed by atoms with Gasteiger partial charge in [-0.1, -0.05) is 60.7 Å². The lowest BCUT2D eigenvalue weighted by atomic mass is 9.96. The highest BCUT2D eigenvalue weighted by Gasteiger charge is 2.27. The molecule has 5 nitrogen and oxygen atoms in total. The molecule has 156 valence electrons. The van der Waals surface area contributed by atoms with Crippen molar-refractivity contribution in [3.05, 3.63) is 101 Å². The van der Waals surface area contributed by atoms with Crippen LogP contribution in [-0.2, 0) is 4.79 Å². The number of thiazole rings is 1. The molecule has 4 aromatic rings. The van der Waals surface area contributed by atoms with Crippen LogP contribution in [0.2, 0.25) is 0 Å². The van der Waals surface area contributed by atoms with Crippen LogP contribution in [-0.4, -0.2) is 51.3 Å². The molecule has 6 heteroatoms. The lowest BCUT2D eigenvalue weighted by Crippen LogP contribution is -2.49. The predicted molar refractivity (Wildman–Crippen MR) is 125 cm³/mol. The fourth-order valence-electron chi connectivity index (χ4n) is 4.22. The van der Waals surface area contributed by atoms with Gasteiger partial charge in [0.1, 0.15) is 0 Å². The average molecular weight is 429 g/mol. The smallest absolute Gasteiger partial charge is 0.246 e. The van der Waals surface area contributed by atoms with Crippen molar-refractivity contribution in [2.75, 3.05) is 26.2 Å². The van der Waals surface area contributed by atoms with E-state index in [1.807, 2.05) is 27.0 Å². The van der Waals surface area contributed by atoms with Crippen molar-refractivity contribution in [1.29, 1.82) is 0 Å². The van der Waals surface area contributed by atoms with Gasteiger partial charge in [-0.3, -0.25) is 14.1 Å². The van der Waals surface area contributed by atoms with Crippen LogP contribution in [0.4, 0.5) is 0 Å². The zero-order valence-corrected chi connectivity index (χ0v) is 18.0. The number of benzene rings is 2. The van der Waals surface area contributed by atoms with Gasteiger partial charge in [0.25, 0.3) is 0 Å². The Morgan fingerprint density at radius 3 is 2.23 bits per heavy atom.